The second kappa shape index (κ2) is 4.57. The van der Waals surface area contributed by atoms with E-state index in [-0.39, 0.29) is 0 Å². The summed E-state index contributed by atoms with van der Waals surface area (Å²) >= 11 is 3.35. The maximum absolute atomic E-state index is 5.17. The zero-order valence-electron chi connectivity index (χ0n) is 9.77. The third-order valence-corrected chi connectivity index (χ3v) is 3.67. The summed E-state index contributed by atoms with van der Waals surface area (Å²) in [5, 5.41) is 0. The standard InChI is InChI=1S/C11H16BrN3O/c1-7(8-4-5-8)15(2)11-13-6-9(12)10(14-11)16-3/h6-8H,4-5H2,1-3H3. The summed E-state index contributed by atoms with van der Waals surface area (Å²) in [7, 11) is 3.65. The molecule has 1 fully saturated rings. The maximum atomic E-state index is 5.17. The molecule has 1 aliphatic carbocycles. The van der Waals surface area contributed by atoms with Gasteiger partial charge in [-0.1, -0.05) is 0 Å². The molecule has 0 N–H and O–H groups in total. The van der Waals surface area contributed by atoms with Gasteiger partial charge < -0.3 is 9.64 Å². The second-order valence-corrected chi connectivity index (χ2v) is 5.07. The fraction of sp³-hybridized carbons (Fsp3) is 0.636. The van der Waals surface area contributed by atoms with Crippen LogP contribution >= 0.6 is 15.9 Å². The molecule has 0 aliphatic heterocycles. The van der Waals surface area contributed by atoms with Crippen LogP contribution in [0.25, 0.3) is 0 Å². The first-order valence-electron chi connectivity index (χ1n) is 5.43. The predicted molar refractivity (Wildman–Crippen MR) is 66.9 cm³/mol. The Hall–Kier alpha value is -0.840. The Morgan fingerprint density at radius 3 is 2.81 bits per heavy atom. The van der Waals surface area contributed by atoms with Crippen molar-refractivity contribution in [2.24, 2.45) is 5.92 Å². The highest BCUT2D eigenvalue weighted by Gasteiger charge is 2.31. The van der Waals surface area contributed by atoms with Gasteiger partial charge in [0.2, 0.25) is 11.8 Å². The van der Waals surface area contributed by atoms with Crippen molar-refractivity contribution in [2.75, 3.05) is 19.1 Å². The monoisotopic (exact) mass is 285 g/mol. The van der Waals surface area contributed by atoms with Gasteiger partial charge in [-0.2, -0.15) is 4.98 Å². The Labute approximate surface area is 104 Å². The van der Waals surface area contributed by atoms with Crippen molar-refractivity contribution in [2.45, 2.75) is 25.8 Å². The Kier molecular flexibility index (Phi) is 3.33. The highest BCUT2D eigenvalue weighted by Crippen LogP contribution is 2.36. The largest absolute Gasteiger partial charge is 0.480 e. The van der Waals surface area contributed by atoms with E-state index in [1.54, 1.807) is 13.3 Å². The lowest BCUT2D eigenvalue weighted by molar-refractivity contribution is 0.393. The molecule has 0 spiro atoms. The Bertz CT molecular complexity index is 381. The lowest BCUT2D eigenvalue weighted by Gasteiger charge is -2.24. The molecule has 1 heterocycles. The number of nitrogens with zero attached hydrogens (tertiary/aromatic N) is 3. The number of rotatable bonds is 4. The lowest BCUT2D eigenvalue weighted by atomic mass is 10.2. The summed E-state index contributed by atoms with van der Waals surface area (Å²) in [5.41, 5.74) is 0. The summed E-state index contributed by atoms with van der Waals surface area (Å²) in [6.07, 6.45) is 4.37. The van der Waals surface area contributed by atoms with Gasteiger partial charge in [0.05, 0.1) is 17.8 Å². The molecular formula is C11H16BrN3O. The first-order chi connectivity index (χ1) is 7.63. The van der Waals surface area contributed by atoms with Crippen molar-refractivity contribution in [1.29, 1.82) is 0 Å². The quantitative estimate of drug-likeness (QED) is 0.852. The molecule has 1 unspecified atom stereocenters. The van der Waals surface area contributed by atoms with Crippen LogP contribution in [0.2, 0.25) is 0 Å². The molecule has 16 heavy (non-hydrogen) atoms. The van der Waals surface area contributed by atoms with Gasteiger partial charge in [0, 0.05) is 13.1 Å². The van der Waals surface area contributed by atoms with Gasteiger partial charge in [-0.3, -0.25) is 0 Å². The van der Waals surface area contributed by atoms with Crippen LogP contribution in [-0.4, -0.2) is 30.2 Å². The van der Waals surface area contributed by atoms with Crippen molar-refractivity contribution < 1.29 is 4.74 Å². The zero-order chi connectivity index (χ0) is 11.7. The maximum Gasteiger partial charge on any atom is 0.232 e. The highest BCUT2D eigenvalue weighted by atomic mass is 79.9. The van der Waals surface area contributed by atoms with Crippen LogP contribution in [0, 0.1) is 5.92 Å². The summed E-state index contributed by atoms with van der Waals surface area (Å²) in [6.45, 7) is 2.22. The number of anilines is 1. The number of hydrogen-bond acceptors (Lipinski definition) is 4. The van der Waals surface area contributed by atoms with Crippen LogP contribution in [0.15, 0.2) is 10.7 Å². The Balaban J connectivity index is 2.18. The molecule has 1 aliphatic rings. The average Bonchev–Trinajstić information content (AvgIpc) is 3.11. The lowest BCUT2D eigenvalue weighted by Crippen LogP contribution is -2.32. The fourth-order valence-corrected chi connectivity index (χ4v) is 2.09. The number of hydrogen-bond donors (Lipinski definition) is 0. The van der Waals surface area contributed by atoms with Crippen LogP contribution in [0.1, 0.15) is 19.8 Å². The fourth-order valence-electron chi connectivity index (χ4n) is 1.73. The first-order valence-corrected chi connectivity index (χ1v) is 6.22. The van der Waals surface area contributed by atoms with Crippen LogP contribution < -0.4 is 9.64 Å². The minimum Gasteiger partial charge on any atom is -0.480 e. The second-order valence-electron chi connectivity index (χ2n) is 4.22. The van der Waals surface area contributed by atoms with Gasteiger partial charge >= 0.3 is 0 Å². The van der Waals surface area contributed by atoms with Crippen molar-refractivity contribution >= 4 is 21.9 Å². The van der Waals surface area contributed by atoms with Crippen molar-refractivity contribution in [3.63, 3.8) is 0 Å². The molecule has 0 saturated heterocycles. The van der Waals surface area contributed by atoms with Gasteiger partial charge in [-0.15, -0.1) is 0 Å². The van der Waals surface area contributed by atoms with E-state index in [4.69, 9.17) is 4.74 Å². The molecule has 4 nitrogen and oxygen atoms in total. The highest BCUT2D eigenvalue weighted by molar-refractivity contribution is 9.10. The normalized spacial score (nSPS) is 17.0. The number of halogens is 1. The van der Waals surface area contributed by atoms with Gasteiger partial charge in [0.15, 0.2) is 0 Å². The van der Waals surface area contributed by atoms with E-state index in [2.05, 4.69) is 37.7 Å². The summed E-state index contributed by atoms with van der Waals surface area (Å²) in [5.74, 6) is 2.10. The summed E-state index contributed by atoms with van der Waals surface area (Å²) in [4.78, 5) is 10.8. The molecule has 5 heteroatoms. The topological polar surface area (TPSA) is 38.2 Å². The van der Waals surface area contributed by atoms with E-state index in [0.29, 0.717) is 11.9 Å². The van der Waals surface area contributed by atoms with Crippen molar-refractivity contribution in [1.82, 2.24) is 9.97 Å². The van der Waals surface area contributed by atoms with E-state index >= 15 is 0 Å². The third kappa shape index (κ3) is 2.29. The van der Waals surface area contributed by atoms with E-state index in [9.17, 15) is 0 Å². The molecular weight excluding hydrogens is 270 g/mol. The third-order valence-electron chi connectivity index (χ3n) is 3.12. The predicted octanol–water partition coefficient (Wildman–Crippen LogP) is 2.48. The summed E-state index contributed by atoms with van der Waals surface area (Å²) < 4.78 is 5.95. The molecule has 1 atom stereocenters. The molecule has 88 valence electrons. The van der Waals surface area contributed by atoms with Gasteiger partial charge in [-0.25, -0.2) is 4.98 Å². The number of methoxy groups -OCH3 is 1. The van der Waals surface area contributed by atoms with Gasteiger partial charge in [0.1, 0.15) is 0 Å². The zero-order valence-corrected chi connectivity index (χ0v) is 11.4. The van der Waals surface area contributed by atoms with E-state index in [1.165, 1.54) is 12.8 Å². The molecule has 0 amide bonds. The van der Waals surface area contributed by atoms with Gasteiger partial charge in [0.25, 0.3) is 0 Å². The Morgan fingerprint density at radius 1 is 1.56 bits per heavy atom. The van der Waals surface area contributed by atoms with E-state index in [0.717, 1.165) is 16.3 Å². The van der Waals surface area contributed by atoms with Crippen LogP contribution in [0.4, 0.5) is 5.95 Å². The van der Waals surface area contributed by atoms with Crippen molar-refractivity contribution in [3.05, 3.63) is 10.7 Å². The molecule has 0 radical (unpaired) electrons. The molecule has 1 aromatic rings. The van der Waals surface area contributed by atoms with Gasteiger partial charge in [-0.05, 0) is 41.6 Å². The average molecular weight is 286 g/mol. The Morgan fingerprint density at radius 2 is 2.25 bits per heavy atom. The SMILES string of the molecule is COc1nc(N(C)C(C)C2CC2)ncc1Br. The number of aromatic nitrogens is 2. The minimum absolute atomic E-state index is 0.492. The first kappa shape index (κ1) is 11.6. The summed E-state index contributed by atoms with van der Waals surface area (Å²) in [6, 6.07) is 0.492. The minimum atomic E-state index is 0.492. The van der Waals surface area contributed by atoms with Crippen molar-refractivity contribution in [3.8, 4) is 5.88 Å². The molecule has 0 bridgehead atoms. The molecule has 1 aromatic heterocycles. The smallest absolute Gasteiger partial charge is 0.232 e. The molecule has 1 saturated carbocycles. The van der Waals surface area contributed by atoms with Crippen LogP contribution in [-0.2, 0) is 0 Å². The van der Waals surface area contributed by atoms with Crippen LogP contribution in [0.3, 0.4) is 0 Å². The van der Waals surface area contributed by atoms with Crippen LogP contribution in [0.5, 0.6) is 5.88 Å². The molecule has 0 aromatic carbocycles. The van der Waals surface area contributed by atoms with E-state index < -0.39 is 0 Å². The van der Waals surface area contributed by atoms with E-state index in [1.807, 2.05) is 7.05 Å². The number of ether oxygens (including phenoxy) is 1. The molecule has 2 rings (SSSR count).